The first-order valence-electron chi connectivity index (χ1n) is 5.40. The van der Waals surface area contributed by atoms with Crippen LogP contribution in [-0.4, -0.2) is 28.2 Å². The van der Waals surface area contributed by atoms with E-state index in [-0.39, 0.29) is 0 Å². The first-order valence-corrected chi connectivity index (χ1v) is 5.40. The summed E-state index contributed by atoms with van der Waals surface area (Å²) >= 11 is 0. The normalized spacial score (nSPS) is 11.4. The SMILES string of the molecule is CCOC(OCC)n1nnc2ccccc21. The molecule has 5 heteroatoms. The van der Waals surface area contributed by atoms with Gasteiger partial charge in [0.15, 0.2) is 0 Å². The first-order chi connectivity index (χ1) is 7.86. The minimum absolute atomic E-state index is 0.498. The van der Waals surface area contributed by atoms with E-state index in [1.54, 1.807) is 4.68 Å². The molecule has 5 nitrogen and oxygen atoms in total. The zero-order valence-electron chi connectivity index (χ0n) is 9.46. The third kappa shape index (κ3) is 2.05. The highest BCUT2D eigenvalue weighted by molar-refractivity contribution is 5.73. The van der Waals surface area contributed by atoms with Gasteiger partial charge in [-0.2, -0.15) is 4.68 Å². The topological polar surface area (TPSA) is 49.2 Å². The summed E-state index contributed by atoms with van der Waals surface area (Å²) in [5.74, 6) is 0. The Morgan fingerprint density at radius 3 is 2.56 bits per heavy atom. The molecule has 2 aromatic rings. The molecule has 0 aliphatic rings. The lowest BCUT2D eigenvalue weighted by Crippen LogP contribution is -2.17. The number of rotatable bonds is 5. The van der Waals surface area contributed by atoms with Gasteiger partial charge in [0, 0.05) is 13.2 Å². The van der Waals surface area contributed by atoms with Crippen molar-refractivity contribution in [2.75, 3.05) is 13.2 Å². The molecule has 0 fully saturated rings. The van der Waals surface area contributed by atoms with Crippen LogP contribution in [0.25, 0.3) is 11.0 Å². The van der Waals surface area contributed by atoms with Gasteiger partial charge < -0.3 is 9.47 Å². The summed E-state index contributed by atoms with van der Waals surface area (Å²) in [7, 11) is 0. The molecule has 1 heterocycles. The van der Waals surface area contributed by atoms with Crippen molar-refractivity contribution in [3.63, 3.8) is 0 Å². The van der Waals surface area contributed by atoms with Crippen molar-refractivity contribution in [1.82, 2.24) is 15.0 Å². The third-order valence-electron chi connectivity index (χ3n) is 2.20. The second-order valence-electron chi connectivity index (χ2n) is 3.24. The molecule has 0 radical (unpaired) electrons. The monoisotopic (exact) mass is 221 g/mol. The van der Waals surface area contributed by atoms with Crippen LogP contribution in [0.2, 0.25) is 0 Å². The highest BCUT2D eigenvalue weighted by Crippen LogP contribution is 2.17. The second-order valence-corrected chi connectivity index (χ2v) is 3.24. The minimum atomic E-state index is -0.498. The van der Waals surface area contributed by atoms with Crippen LogP contribution >= 0.6 is 0 Å². The molecule has 16 heavy (non-hydrogen) atoms. The van der Waals surface area contributed by atoms with Gasteiger partial charge in [-0.3, -0.25) is 0 Å². The molecule has 0 unspecified atom stereocenters. The zero-order valence-corrected chi connectivity index (χ0v) is 9.46. The lowest BCUT2D eigenvalue weighted by Gasteiger charge is -2.16. The van der Waals surface area contributed by atoms with E-state index < -0.39 is 6.41 Å². The Bertz CT molecular complexity index is 449. The van der Waals surface area contributed by atoms with Gasteiger partial charge in [-0.15, -0.1) is 5.10 Å². The lowest BCUT2D eigenvalue weighted by atomic mass is 10.3. The highest BCUT2D eigenvalue weighted by atomic mass is 16.7. The van der Waals surface area contributed by atoms with E-state index in [1.807, 2.05) is 38.1 Å². The van der Waals surface area contributed by atoms with Crippen molar-refractivity contribution in [3.05, 3.63) is 24.3 Å². The molecule has 0 amide bonds. The molecule has 0 saturated heterocycles. The Balaban J connectivity index is 2.36. The van der Waals surface area contributed by atoms with E-state index in [0.717, 1.165) is 11.0 Å². The van der Waals surface area contributed by atoms with Gasteiger partial charge >= 0.3 is 0 Å². The predicted molar refractivity (Wildman–Crippen MR) is 59.8 cm³/mol. The Labute approximate surface area is 94.0 Å². The van der Waals surface area contributed by atoms with Crippen molar-refractivity contribution in [2.45, 2.75) is 20.3 Å². The number of hydrogen-bond acceptors (Lipinski definition) is 4. The predicted octanol–water partition coefficient (Wildman–Crippen LogP) is 1.96. The average molecular weight is 221 g/mol. The number of nitrogens with zero attached hydrogens (tertiary/aromatic N) is 3. The van der Waals surface area contributed by atoms with Crippen LogP contribution in [0.5, 0.6) is 0 Å². The molecular weight excluding hydrogens is 206 g/mol. The first kappa shape index (κ1) is 11.0. The van der Waals surface area contributed by atoms with Crippen molar-refractivity contribution in [1.29, 1.82) is 0 Å². The quantitative estimate of drug-likeness (QED) is 0.724. The molecule has 1 aromatic carbocycles. The fourth-order valence-electron chi connectivity index (χ4n) is 1.52. The molecule has 0 bridgehead atoms. The standard InChI is InChI=1S/C11H15N3O2/c1-3-15-11(16-4-2)14-10-8-6-5-7-9(10)12-13-14/h5-8,11H,3-4H2,1-2H3. The third-order valence-corrected chi connectivity index (χ3v) is 2.20. The molecule has 0 aliphatic heterocycles. The fraction of sp³-hybridized carbons (Fsp3) is 0.455. The summed E-state index contributed by atoms with van der Waals surface area (Å²) in [4.78, 5) is 0. The minimum Gasteiger partial charge on any atom is -0.334 e. The van der Waals surface area contributed by atoms with Gasteiger partial charge in [0.1, 0.15) is 5.52 Å². The smallest absolute Gasteiger partial charge is 0.261 e. The van der Waals surface area contributed by atoms with E-state index in [9.17, 15) is 0 Å². The maximum atomic E-state index is 5.47. The lowest BCUT2D eigenvalue weighted by molar-refractivity contribution is -0.190. The molecule has 0 spiro atoms. The van der Waals surface area contributed by atoms with Gasteiger partial charge in [-0.05, 0) is 26.0 Å². The molecule has 0 atom stereocenters. The van der Waals surface area contributed by atoms with Gasteiger partial charge in [-0.1, -0.05) is 17.3 Å². The van der Waals surface area contributed by atoms with Gasteiger partial charge in [0.05, 0.1) is 5.52 Å². The van der Waals surface area contributed by atoms with Crippen LogP contribution < -0.4 is 0 Å². The Morgan fingerprint density at radius 2 is 1.88 bits per heavy atom. The summed E-state index contributed by atoms with van der Waals surface area (Å²) in [6, 6.07) is 7.73. The molecule has 2 rings (SSSR count). The van der Waals surface area contributed by atoms with Crippen molar-refractivity contribution in [3.8, 4) is 0 Å². The van der Waals surface area contributed by atoms with Crippen LogP contribution in [0.4, 0.5) is 0 Å². The molecule has 0 aliphatic carbocycles. The number of ether oxygens (including phenoxy) is 2. The van der Waals surface area contributed by atoms with E-state index in [2.05, 4.69) is 10.3 Å². The number of benzene rings is 1. The second kappa shape index (κ2) is 5.05. The van der Waals surface area contributed by atoms with E-state index in [1.165, 1.54) is 0 Å². The van der Waals surface area contributed by atoms with Gasteiger partial charge in [-0.25, -0.2) is 0 Å². The van der Waals surface area contributed by atoms with Crippen molar-refractivity contribution < 1.29 is 9.47 Å². The molecule has 1 aromatic heterocycles. The van der Waals surface area contributed by atoms with Crippen LogP contribution in [0, 0.1) is 0 Å². The molecule has 0 saturated carbocycles. The van der Waals surface area contributed by atoms with Crippen LogP contribution in [0.15, 0.2) is 24.3 Å². The maximum absolute atomic E-state index is 5.47. The number of aromatic nitrogens is 3. The van der Waals surface area contributed by atoms with Crippen LogP contribution in [0.1, 0.15) is 20.3 Å². The summed E-state index contributed by atoms with van der Waals surface area (Å²) in [5.41, 5.74) is 1.75. The van der Waals surface area contributed by atoms with Crippen molar-refractivity contribution in [2.24, 2.45) is 0 Å². The van der Waals surface area contributed by atoms with Crippen LogP contribution in [0.3, 0.4) is 0 Å². The fourth-order valence-corrected chi connectivity index (χ4v) is 1.52. The van der Waals surface area contributed by atoms with E-state index in [4.69, 9.17) is 9.47 Å². The summed E-state index contributed by atoms with van der Waals surface area (Å²) in [5, 5.41) is 8.11. The molecular formula is C11H15N3O2. The van der Waals surface area contributed by atoms with Gasteiger partial charge in [0.2, 0.25) is 0 Å². The van der Waals surface area contributed by atoms with Crippen LogP contribution in [-0.2, 0) is 9.47 Å². The zero-order chi connectivity index (χ0) is 11.4. The largest absolute Gasteiger partial charge is 0.334 e. The summed E-state index contributed by atoms with van der Waals surface area (Å²) < 4.78 is 12.6. The van der Waals surface area contributed by atoms with E-state index in [0.29, 0.717) is 13.2 Å². The maximum Gasteiger partial charge on any atom is 0.261 e. The average Bonchev–Trinajstić information content (AvgIpc) is 2.72. The number of hydrogen-bond donors (Lipinski definition) is 0. The molecule has 0 N–H and O–H groups in total. The van der Waals surface area contributed by atoms with Crippen molar-refractivity contribution >= 4 is 11.0 Å². The Morgan fingerprint density at radius 1 is 1.19 bits per heavy atom. The van der Waals surface area contributed by atoms with Gasteiger partial charge in [0.25, 0.3) is 6.41 Å². The highest BCUT2D eigenvalue weighted by Gasteiger charge is 2.14. The Hall–Kier alpha value is -1.46. The summed E-state index contributed by atoms with van der Waals surface area (Å²) in [6.07, 6.45) is -0.498. The Kier molecular flexibility index (Phi) is 3.48. The molecule has 86 valence electrons. The number of fused-ring (bicyclic) bond motifs is 1. The van der Waals surface area contributed by atoms with E-state index >= 15 is 0 Å². The summed E-state index contributed by atoms with van der Waals surface area (Å²) in [6.45, 7) is 4.98. The number of para-hydroxylation sites is 1.